The molecule has 0 fully saturated rings. The molecular formula is C16H13NS. The van der Waals surface area contributed by atoms with Crippen LogP contribution in [0.15, 0.2) is 71.3 Å². The lowest BCUT2D eigenvalue weighted by Gasteiger charge is -2.28. The van der Waals surface area contributed by atoms with Crippen molar-refractivity contribution in [1.29, 1.82) is 0 Å². The number of hydrogen-bond acceptors (Lipinski definition) is 2. The number of nitrogens with one attached hydrogen (secondary N) is 1. The summed E-state index contributed by atoms with van der Waals surface area (Å²) in [5.74, 6) is 0.794. The van der Waals surface area contributed by atoms with Crippen LogP contribution in [0.1, 0.15) is 11.5 Å². The maximum Gasteiger partial charge on any atom is 0.0698 e. The Labute approximate surface area is 112 Å². The van der Waals surface area contributed by atoms with E-state index in [2.05, 4.69) is 59.6 Å². The van der Waals surface area contributed by atoms with Crippen molar-refractivity contribution in [1.82, 2.24) is 5.32 Å². The van der Waals surface area contributed by atoms with Crippen molar-refractivity contribution in [2.75, 3.05) is 0 Å². The molecule has 0 bridgehead atoms. The van der Waals surface area contributed by atoms with Crippen LogP contribution < -0.4 is 5.32 Å². The Hall–Kier alpha value is -1.63. The Morgan fingerprint density at radius 3 is 2.72 bits per heavy atom. The maximum atomic E-state index is 4.87. The molecule has 0 saturated heterocycles. The third kappa shape index (κ3) is 1.30. The SMILES string of the molecule is SC1C2=C(C=CC1c1ccccc1)NC1=C=CC12. The standard InChI is InChI=1S/C16H13NS/c18-16-11(10-4-2-1-3-5-10)6-9-14-15(16)12-7-8-13(12)17-14/h1-7,9,11-12,16-18H. The molecule has 3 aliphatic rings. The van der Waals surface area contributed by atoms with Crippen molar-refractivity contribution < 1.29 is 0 Å². The Bertz CT molecular complexity index is 632. The number of rotatable bonds is 1. The maximum absolute atomic E-state index is 4.87. The Balaban J connectivity index is 1.72. The second kappa shape index (κ2) is 3.68. The molecule has 4 rings (SSSR count). The first-order valence-corrected chi connectivity index (χ1v) is 6.75. The molecule has 1 aromatic rings. The third-order valence-corrected chi connectivity index (χ3v) is 4.54. The van der Waals surface area contributed by atoms with E-state index in [1.165, 1.54) is 22.5 Å². The van der Waals surface area contributed by atoms with Gasteiger partial charge in [0, 0.05) is 16.9 Å². The normalized spacial score (nSPS) is 31.4. The molecule has 0 amide bonds. The van der Waals surface area contributed by atoms with Crippen molar-refractivity contribution >= 4 is 12.6 Å². The van der Waals surface area contributed by atoms with Crippen LogP contribution in [0.4, 0.5) is 0 Å². The average molecular weight is 251 g/mol. The largest absolute Gasteiger partial charge is 0.352 e. The highest BCUT2D eigenvalue weighted by Gasteiger charge is 2.38. The van der Waals surface area contributed by atoms with Gasteiger partial charge in [-0.25, -0.2) is 0 Å². The van der Waals surface area contributed by atoms with Gasteiger partial charge in [0.25, 0.3) is 0 Å². The van der Waals surface area contributed by atoms with E-state index in [9.17, 15) is 0 Å². The van der Waals surface area contributed by atoms with E-state index in [1.807, 2.05) is 0 Å². The van der Waals surface area contributed by atoms with Gasteiger partial charge in [0.05, 0.1) is 11.6 Å². The fourth-order valence-corrected chi connectivity index (χ4v) is 3.51. The molecule has 3 atom stereocenters. The van der Waals surface area contributed by atoms with Crippen LogP contribution in [-0.4, -0.2) is 5.25 Å². The topological polar surface area (TPSA) is 12.0 Å². The first-order valence-electron chi connectivity index (χ1n) is 6.23. The summed E-state index contributed by atoms with van der Waals surface area (Å²) in [7, 11) is 0. The van der Waals surface area contributed by atoms with Crippen LogP contribution in [0.3, 0.4) is 0 Å². The Morgan fingerprint density at radius 1 is 1.17 bits per heavy atom. The fraction of sp³-hybridized carbons (Fsp3) is 0.188. The second-order valence-electron chi connectivity index (χ2n) is 4.94. The van der Waals surface area contributed by atoms with Gasteiger partial charge in [-0.15, -0.1) is 5.73 Å². The number of benzene rings is 1. The summed E-state index contributed by atoms with van der Waals surface area (Å²) in [5.41, 5.74) is 8.38. The average Bonchev–Trinajstić information content (AvgIpc) is 2.63. The lowest BCUT2D eigenvalue weighted by atomic mass is 9.80. The highest BCUT2D eigenvalue weighted by molar-refractivity contribution is 7.81. The molecule has 0 saturated carbocycles. The molecule has 18 heavy (non-hydrogen) atoms. The quantitative estimate of drug-likeness (QED) is 0.577. The van der Waals surface area contributed by atoms with E-state index < -0.39 is 0 Å². The molecule has 0 aromatic heterocycles. The van der Waals surface area contributed by atoms with Gasteiger partial charge in [-0.1, -0.05) is 36.4 Å². The zero-order valence-corrected chi connectivity index (χ0v) is 10.7. The number of thiol groups is 1. The van der Waals surface area contributed by atoms with Crippen LogP contribution in [0.5, 0.6) is 0 Å². The third-order valence-electron chi connectivity index (χ3n) is 3.95. The molecule has 3 unspecified atom stereocenters. The van der Waals surface area contributed by atoms with Crippen molar-refractivity contribution in [2.45, 2.75) is 11.2 Å². The minimum atomic E-state index is 0.251. The van der Waals surface area contributed by atoms with Gasteiger partial charge in [0.15, 0.2) is 0 Å². The van der Waals surface area contributed by atoms with Crippen LogP contribution in [0.25, 0.3) is 0 Å². The first-order chi connectivity index (χ1) is 8.84. The van der Waals surface area contributed by atoms with E-state index in [0.717, 1.165) is 0 Å². The molecule has 0 radical (unpaired) electrons. The van der Waals surface area contributed by atoms with Crippen LogP contribution in [0.2, 0.25) is 0 Å². The van der Waals surface area contributed by atoms with Gasteiger partial charge < -0.3 is 5.32 Å². The van der Waals surface area contributed by atoms with Gasteiger partial charge in [0.1, 0.15) is 0 Å². The second-order valence-corrected chi connectivity index (χ2v) is 5.49. The monoisotopic (exact) mass is 251 g/mol. The summed E-state index contributed by atoms with van der Waals surface area (Å²) in [6.45, 7) is 0. The zero-order valence-electron chi connectivity index (χ0n) is 9.80. The molecular weight excluding hydrogens is 238 g/mol. The summed E-state index contributed by atoms with van der Waals surface area (Å²) in [6, 6.07) is 10.6. The first kappa shape index (κ1) is 10.3. The predicted octanol–water partition coefficient (Wildman–Crippen LogP) is 3.16. The van der Waals surface area contributed by atoms with Gasteiger partial charge in [-0.3, -0.25) is 0 Å². The van der Waals surface area contributed by atoms with Crippen molar-refractivity contribution in [3.8, 4) is 0 Å². The van der Waals surface area contributed by atoms with E-state index >= 15 is 0 Å². The molecule has 1 nitrogen and oxygen atoms in total. The van der Waals surface area contributed by atoms with E-state index in [4.69, 9.17) is 12.6 Å². The molecule has 2 heteroatoms. The van der Waals surface area contributed by atoms with Crippen LogP contribution in [-0.2, 0) is 0 Å². The summed E-state index contributed by atoms with van der Waals surface area (Å²) in [4.78, 5) is 0. The Morgan fingerprint density at radius 2 is 2.00 bits per heavy atom. The lowest BCUT2D eigenvalue weighted by molar-refractivity contribution is 0.755. The molecule has 0 spiro atoms. The van der Waals surface area contributed by atoms with Crippen LogP contribution in [0, 0.1) is 5.92 Å². The van der Waals surface area contributed by atoms with Crippen LogP contribution >= 0.6 is 12.6 Å². The van der Waals surface area contributed by atoms with Gasteiger partial charge in [-0.2, -0.15) is 12.6 Å². The highest BCUT2D eigenvalue weighted by atomic mass is 32.1. The van der Waals surface area contributed by atoms with Crippen molar-refractivity contribution in [3.05, 3.63) is 76.8 Å². The minimum absolute atomic E-state index is 0.251. The van der Waals surface area contributed by atoms with Gasteiger partial charge in [-0.05, 0) is 23.3 Å². The van der Waals surface area contributed by atoms with Crippen molar-refractivity contribution in [3.63, 3.8) is 0 Å². The lowest BCUT2D eigenvalue weighted by Crippen LogP contribution is -2.21. The van der Waals surface area contributed by atoms with Gasteiger partial charge in [0.2, 0.25) is 0 Å². The smallest absolute Gasteiger partial charge is 0.0698 e. The highest BCUT2D eigenvalue weighted by Crippen LogP contribution is 2.45. The summed E-state index contributed by atoms with van der Waals surface area (Å²) >= 11 is 4.87. The zero-order chi connectivity index (χ0) is 12.1. The fourth-order valence-electron chi connectivity index (χ4n) is 2.94. The number of fused-ring (bicyclic) bond motifs is 2. The number of allylic oxidation sites excluding steroid dienone is 2. The Kier molecular flexibility index (Phi) is 2.11. The number of hydrogen-bond donors (Lipinski definition) is 2. The summed E-state index contributed by atoms with van der Waals surface area (Å²) < 4.78 is 0. The van der Waals surface area contributed by atoms with E-state index in [0.29, 0.717) is 11.8 Å². The molecule has 1 aromatic carbocycles. The van der Waals surface area contributed by atoms with E-state index in [-0.39, 0.29) is 5.25 Å². The predicted molar refractivity (Wildman–Crippen MR) is 76.3 cm³/mol. The molecule has 1 aliphatic heterocycles. The van der Waals surface area contributed by atoms with Gasteiger partial charge >= 0.3 is 0 Å². The molecule has 2 aliphatic carbocycles. The summed E-state index contributed by atoms with van der Waals surface area (Å²) in [6.07, 6.45) is 6.58. The molecule has 88 valence electrons. The minimum Gasteiger partial charge on any atom is -0.352 e. The van der Waals surface area contributed by atoms with Crippen molar-refractivity contribution in [2.24, 2.45) is 5.92 Å². The molecule has 1 N–H and O–H groups in total. The molecule has 1 heterocycles. The van der Waals surface area contributed by atoms with E-state index in [1.54, 1.807) is 0 Å². The summed E-state index contributed by atoms with van der Waals surface area (Å²) in [5, 5.41) is 3.66.